The summed E-state index contributed by atoms with van der Waals surface area (Å²) in [5.41, 5.74) is 5.30. The van der Waals surface area contributed by atoms with Crippen LogP contribution in [0, 0.1) is 13.8 Å². The molecule has 0 saturated carbocycles. The highest BCUT2D eigenvalue weighted by Crippen LogP contribution is 2.39. The molecule has 2 aliphatic rings. The van der Waals surface area contributed by atoms with Gasteiger partial charge < -0.3 is 14.0 Å². The molecule has 2 unspecified atom stereocenters. The number of ketones is 1. The molecule has 2 atom stereocenters. The number of carbonyl (C=O) groups is 1. The number of Topliss-reactive ketones (excluding diaryl/α,β-unsaturated/α-hetero) is 1. The van der Waals surface area contributed by atoms with E-state index in [1.54, 1.807) is 6.92 Å². The predicted octanol–water partition coefficient (Wildman–Crippen LogP) is 7.63. The van der Waals surface area contributed by atoms with Gasteiger partial charge in [-0.3, -0.25) is 9.69 Å². The van der Waals surface area contributed by atoms with Crippen molar-refractivity contribution in [1.82, 2.24) is 9.47 Å². The molecular weight excluding hydrogens is 484 g/mol. The van der Waals surface area contributed by atoms with E-state index < -0.39 is 0 Å². The molecule has 5 heteroatoms. The van der Waals surface area contributed by atoms with Crippen molar-refractivity contribution < 1.29 is 14.3 Å². The maximum absolute atomic E-state index is 11.7. The van der Waals surface area contributed by atoms with Crippen LogP contribution in [0.3, 0.4) is 0 Å². The maximum Gasteiger partial charge on any atom is 0.231 e. The number of aryl methyl sites for hydroxylation is 4. The van der Waals surface area contributed by atoms with E-state index in [9.17, 15) is 4.79 Å². The van der Waals surface area contributed by atoms with Crippen molar-refractivity contribution in [2.75, 3.05) is 19.9 Å². The molecule has 3 aromatic rings. The number of unbranched alkanes of at least 4 members (excludes halogenated alkanes) is 2. The van der Waals surface area contributed by atoms with Crippen LogP contribution in [0.1, 0.15) is 81.2 Å². The van der Waals surface area contributed by atoms with Crippen molar-refractivity contribution >= 4 is 5.78 Å². The number of fused-ring (bicyclic) bond motifs is 1. The van der Waals surface area contributed by atoms with Gasteiger partial charge in [0, 0.05) is 31.5 Å². The number of rotatable bonds is 8. The molecule has 1 aromatic heterocycles. The van der Waals surface area contributed by atoms with Crippen molar-refractivity contribution in [2.24, 2.45) is 7.05 Å². The lowest BCUT2D eigenvalue weighted by Crippen LogP contribution is -2.34. The van der Waals surface area contributed by atoms with E-state index >= 15 is 0 Å². The molecule has 0 spiro atoms. The lowest BCUT2D eigenvalue weighted by Gasteiger charge is -2.23. The molecule has 0 N–H and O–H groups in total. The molecule has 0 aliphatic carbocycles. The van der Waals surface area contributed by atoms with Crippen LogP contribution in [-0.4, -0.2) is 41.2 Å². The summed E-state index contributed by atoms with van der Waals surface area (Å²) in [6, 6.07) is 19.4. The Hall–Kier alpha value is -3.05. The van der Waals surface area contributed by atoms with Gasteiger partial charge in [0.15, 0.2) is 11.5 Å². The van der Waals surface area contributed by atoms with E-state index in [2.05, 4.69) is 98.9 Å². The summed E-state index contributed by atoms with van der Waals surface area (Å²) in [5.74, 6) is 2.34. The third-order valence-corrected chi connectivity index (χ3v) is 7.49. The Kier molecular flexibility index (Phi) is 12.1. The van der Waals surface area contributed by atoms with Crippen LogP contribution in [0.25, 0.3) is 0 Å². The Labute approximate surface area is 236 Å². The number of hydrogen-bond donors (Lipinski definition) is 0. The molecule has 39 heavy (non-hydrogen) atoms. The van der Waals surface area contributed by atoms with Gasteiger partial charge in [0.05, 0.1) is 6.54 Å². The van der Waals surface area contributed by atoms with E-state index in [0.717, 1.165) is 37.3 Å². The molecular formula is C34H48N2O3. The quantitative estimate of drug-likeness (QED) is 0.299. The highest BCUT2D eigenvalue weighted by molar-refractivity contribution is 5.77. The van der Waals surface area contributed by atoms with Crippen LogP contribution >= 0.6 is 0 Å². The van der Waals surface area contributed by atoms with Crippen LogP contribution in [0.5, 0.6) is 11.5 Å². The fraction of sp³-hybridized carbons (Fsp3) is 0.500. The average Bonchev–Trinajstić information content (AvgIpc) is 3.63. The lowest BCUT2D eigenvalue weighted by molar-refractivity contribution is -0.118. The second kappa shape index (κ2) is 15.5. The standard InChI is InChI=1S/C21H26N2O3.C8H10.C5H12/c1-15(24)12-23-13-17(16-5-8-20-21(11-16)26-14-25-20)10-19(23)7-6-18-4-3-9-22(18)2;1-7-4-3-5-8(2)6-7;1-3-5-4-2/h3-5,8-9,11,17,19H,6-7,10,12-14H2,1-2H3;3-6H,1-2H3;3-5H2,1-2H3. The Morgan fingerprint density at radius 3 is 2.23 bits per heavy atom. The number of benzene rings is 2. The van der Waals surface area contributed by atoms with Gasteiger partial charge in [0.25, 0.3) is 0 Å². The number of hydrogen-bond acceptors (Lipinski definition) is 4. The summed E-state index contributed by atoms with van der Waals surface area (Å²) in [4.78, 5) is 14.1. The molecule has 2 aliphatic heterocycles. The third-order valence-electron chi connectivity index (χ3n) is 7.49. The van der Waals surface area contributed by atoms with Crippen molar-refractivity contribution in [2.45, 2.75) is 85.1 Å². The number of ether oxygens (including phenoxy) is 2. The highest BCUT2D eigenvalue weighted by atomic mass is 16.7. The van der Waals surface area contributed by atoms with Crippen LogP contribution in [0.4, 0.5) is 0 Å². The summed E-state index contributed by atoms with van der Waals surface area (Å²) in [6.07, 6.45) is 9.36. The number of carbonyl (C=O) groups excluding carboxylic acids is 1. The maximum atomic E-state index is 11.7. The molecule has 212 valence electrons. The summed E-state index contributed by atoms with van der Waals surface area (Å²) in [7, 11) is 2.09. The average molecular weight is 533 g/mol. The van der Waals surface area contributed by atoms with E-state index in [-0.39, 0.29) is 5.78 Å². The van der Waals surface area contributed by atoms with Gasteiger partial charge in [0.1, 0.15) is 5.78 Å². The van der Waals surface area contributed by atoms with Crippen molar-refractivity contribution in [1.29, 1.82) is 0 Å². The van der Waals surface area contributed by atoms with E-state index in [1.165, 1.54) is 41.6 Å². The van der Waals surface area contributed by atoms with Gasteiger partial charge in [-0.25, -0.2) is 0 Å². The molecule has 5 nitrogen and oxygen atoms in total. The molecule has 0 radical (unpaired) electrons. The molecule has 0 amide bonds. The predicted molar refractivity (Wildman–Crippen MR) is 161 cm³/mol. The van der Waals surface area contributed by atoms with E-state index in [4.69, 9.17) is 9.47 Å². The van der Waals surface area contributed by atoms with Crippen LogP contribution < -0.4 is 9.47 Å². The second-order valence-electron chi connectivity index (χ2n) is 11.0. The van der Waals surface area contributed by atoms with Crippen molar-refractivity contribution in [3.05, 3.63) is 83.2 Å². The Morgan fingerprint density at radius 2 is 1.67 bits per heavy atom. The largest absolute Gasteiger partial charge is 0.454 e. The minimum atomic E-state index is 0.236. The van der Waals surface area contributed by atoms with E-state index in [0.29, 0.717) is 25.3 Å². The zero-order valence-electron chi connectivity index (χ0n) is 24.9. The minimum absolute atomic E-state index is 0.236. The first kappa shape index (κ1) is 30.5. The van der Waals surface area contributed by atoms with Gasteiger partial charge >= 0.3 is 0 Å². The van der Waals surface area contributed by atoms with E-state index in [1.807, 2.05) is 6.07 Å². The first-order valence-electron chi connectivity index (χ1n) is 14.6. The normalized spacial score (nSPS) is 17.7. The Morgan fingerprint density at radius 1 is 0.949 bits per heavy atom. The number of aromatic nitrogens is 1. The fourth-order valence-corrected chi connectivity index (χ4v) is 5.40. The first-order chi connectivity index (χ1) is 18.8. The molecule has 1 saturated heterocycles. The highest BCUT2D eigenvalue weighted by Gasteiger charge is 2.33. The van der Waals surface area contributed by atoms with Gasteiger partial charge in [-0.2, -0.15) is 0 Å². The number of nitrogens with zero attached hydrogens (tertiary/aromatic N) is 2. The Bertz CT molecular complexity index is 1150. The second-order valence-corrected chi connectivity index (χ2v) is 11.0. The summed E-state index contributed by atoms with van der Waals surface area (Å²) < 4.78 is 13.1. The summed E-state index contributed by atoms with van der Waals surface area (Å²) >= 11 is 0. The lowest BCUT2D eigenvalue weighted by atomic mass is 9.94. The smallest absolute Gasteiger partial charge is 0.231 e. The summed E-state index contributed by atoms with van der Waals surface area (Å²) in [5, 5.41) is 0. The summed E-state index contributed by atoms with van der Waals surface area (Å²) in [6.45, 7) is 12.1. The zero-order chi connectivity index (χ0) is 28.2. The molecule has 2 aromatic carbocycles. The third kappa shape index (κ3) is 9.58. The van der Waals surface area contributed by atoms with Gasteiger partial charge in [-0.15, -0.1) is 0 Å². The zero-order valence-corrected chi connectivity index (χ0v) is 24.9. The molecule has 1 fully saturated rings. The van der Waals surface area contributed by atoms with Gasteiger partial charge in [0.2, 0.25) is 6.79 Å². The topological polar surface area (TPSA) is 43.7 Å². The van der Waals surface area contributed by atoms with Crippen LogP contribution in [0.2, 0.25) is 0 Å². The van der Waals surface area contributed by atoms with Crippen LogP contribution in [0.15, 0.2) is 60.8 Å². The van der Waals surface area contributed by atoms with Crippen LogP contribution in [-0.2, 0) is 18.3 Å². The Balaban J connectivity index is 0.000000267. The number of likely N-dealkylation sites (tertiary alicyclic amines) is 1. The van der Waals surface area contributed by atoms with Gasteiger partial charge in [-0.1, -0.05) is 74.6 Å². The van der Waals surface area contributed by atoms with Gasteiger partial charge in [-0.05, 0) is 75.8 Å². The van der Waals surface area contributed by atoms with Crippen molar-refractivity contribution in [3.8, 4) is 11.5 Å². The fourth-order valence-electron chi connectivity index (χ4n) is 5.40. The molecule has 3 heterocycles. The minimum Gasteiger partial charge on any atom is -0.454 e. The van der Waals surface area contributed by atoms with Crippen molar-refractivity contribution in [3.63, 3.8) is 0 Å². The monoisotopic (exact) mass is 532 g/mol. The SMILES string of the molecule is CC(=O)CN1CC(c2ccc3c(c2)OCO3)CC1CCc1cccn1C.CCCCC.Cc1cccc(C)c1. The first-order valence-corrected chi connectivity index (χ1v) is 14.6. The molecule has 5 rings (SSSR count). The molecule has 0 bridgehead atoms.